The summed E-state index contributed by atoms with van der Waals surface area (Å²) in [6.45, 7) is 6.16. The van der Waals surface area contributed by atoms with Crippen LogP contribution < -0.4 is 5.32 Å². The third kappa shape index (κ3) is 3.95. The second-order valence-corrected chi connectivity index (χ2v) is 6.78. The molecule has 2 aliphatic rings. The lowest BCUT2D eigenvalue weighted by molar-refractivity contribution is -0.164. The first-order valence-electron chi connectivity index (χ1n) is 8.02. The molecule has 0 spiro atoms. The van der Waals surface area contributed by atoms with Crippen molar-refractivity contribution in [2.45, 2.75) is 71.3 Å². The number of carbonyl (C=O) groups excluding carboxylic acids is 1. The Morgan fingerprint density at radius 2 is 1.74 bits per heavy atom. The van der Waals surface area contributed by atoms with Crippen molar-refractivity contribution in [3.05, 3.63) is 0 Å². The molecular formula is C16H29NO2. The zero-order valence-corrected chi connectivity index (χ0v) is 12.5. The van der Waals surface area contributed by atoms with Crippen molar-refractivity contribution < 1.29 is 9.53 Å². The van der Waals surface area contributed by atoms with Crippen LogP contribution in [0.3, 0.4) is 0 Å². The summed E-state index contributed by atoms with van der Waals surface area (Å²) in [6, 6.07) is 0. The third-order valence-electron chi connectivity index (χ3n) is 4.92. The molecule has 1 heterocycles. The molecule has 1 aliphatic carbocycles. The largest absolute Gasteiger partial charge is 0.462 e. The van der Waals surface area contributed by atoms with Gasteiger partial charge in [-0.1, -0.05) is 12.8 Å². The van der Waals surface area contributed by atoms with E-state index < -0.39 is 0 Å². The lowest BCUT2D eigenvalue weighted by Gasteiger charge is -2.36. The van der Waals surface area contributed by atoms with Crippen LogP contribution in [0.2, 0.25) is 0 Å². The number of nitrogens with one attached hydrogen (secondary N) is 1. The van der Waals surface area contributed by atoms with E-state index in [4.69, 9.17) is 4.74 Å². The van der Waals surface area contributed by atoms with Crippen molar-refractivity contribution >= 4 is 5.97 Å². The molecule has 110 valence electrons. The number of ether oxygens (including phenoxy) is 1. The molecule has 0 bridgehead atoms. The summed E-state index contributed by atoms with van der Waals surface area (Å²) in [6.07, 6.45) is 9.62. The summed E-state index contributed by atoms with van der Waals surface area (Å²) in [4.78, 5) is 12.5. The van der Waals surface area contributed by atoms with Crippen molar-refractivity contribution in [3.63, 3.8) is 0 Å². The number of hydrogen-bond acceptors (Lipinski definition) is 3. The van der Waals surface area contributed by atoms with Gasteiger partial charge in [-0.2, -0.15) is 0 Å². The normalized spacial score (nSPS) is 26.7. The van der Waals surface area contributed by atoms with E-state index >= 15 is 0 Å². The van der Waals surface area contributed by atoms with E-state index in [0.29, 0.717) is 5.92 Å². The van der Waals surface area contributed by atoms with Crippen LogP contribution in [0.25, 0.3) is 0 Å². The highest BCUT2D eigenvalue weighted by Gasteiger charge is 2.39. The maximum Gasteiger partial charge on any atom is 0.312 e. The molecular weight excluding hydrogens is 238 g/mol. The first-order chi connectivity index (χ1) is 9.10. The highest BCUT2D eigenvalue weighted by Crippen LogP contribution is 2.34. The summed E-state index contributed by atoms with van der Waals surface area (Å²) in [7, 11) is 0. The lowest BCUT2D eigenvalue weighted by Crippen LogP contribution is -2.44. The molecule has 3 heteroatoms. The molecule has 0 aromatic heterocycles. The van der Waals surface area contributed by atoms with Crippen LogP contribution in [0, 0.1) is 11.3 Å². The van der Waals surface area contributed by atoms with Gasteiger partial charge in [0.15, 0.2) is 0 Å². The number of carbonyl (C=O) groups is 1. The van der Waals surface area contributed by atoms with Gasteiger partial charge in [-0.15, -0.1) is 0 Å². The maximum atomic E-state index is 12.5. The maximum absolute atomic E-state index is 12.5. The van der Waals surface area contributed by atoms with Gasteiger partial charge in [-0.25, -0.2) is 0 Å². The van der Waals surface area contributed by atoms with E-state index in [2.05, 4.69) is 19.2 Å². The minimum atomic E-state index is -0.347. The quantitative estimate of drug-likeness (QED) is 0.630. The van der Waals surface area contributed by atoms with Crippen LogP contribution in [0.15, 0.2) is 0 Å². The minimum Gasteiger partial charge on any atom is -0.462 e. The molecule has 19 heavy (non-hydrogen) atoms. The van der Waals surface area contributed by atoms with Gasteiger partial charge < -0.3 is 10.1 Å². The Morgan fingerprint density at radius 3 is 2.32 bits per heavy atom. The topological polar surface area (TPSA) is 38.3 Å². The molecule has 0 aromatic carbocycles. The number of hydrogen-bond donors (Lipinski definition) is 1. The van der Waals surface area contributed by atoms with Gasteiger partial charge in [-0.05, 0) is 71.4 Å². The zero-order chi connectivity index (χ0) is 13.7. The highest BCUT2D eigenvalue weighted by molar-refractivity contribution is 5.76. The fourth-order valence-electron chi connectivity index (χ4n) is 3.30. The van der Waals surface area contributed by atoms with Crippen molar-refractivity contribution in [2.24, 2.45) is 11.3 Å². The van der Waals surface area contributed by atoms with E-state index in [1.807, 2.05) is 0 Å². The number of piperidine rings is 1. The standard InChI is InChI=1S/C16H29NO2/c1-16(2,13-8-7-11-17-12-13)15(18)19-14-9-5-3-4-6-10-14/h13-14,17H,3-12H2,1-2H3. The van der Waals surface area contributed by atoms with Crippen LogP contribution in [0.1, 0.15) is 65.2 Å². The van der Waals surface area contributed by atoms with Crippen molar-refractivity contribution in [3.8, 4) is 0 Å². The lowest BCUT2D eigenvalue weighted by atomic mass is 9.75. The van der Waals surface area contributed by atoms with Crippen molar-refractivity contribution in [1.82, 2.24) is 5.32 Å². The predicted octanol–water partition coefficient (Wildman–Crippen LogP) is 3.28. The summed E-state index contributed by atoms with van der Waals surface area (Å²) < 4.78 is 5.82. The molecule has 3 nitrogen and oxygen atoms in total. The molecule has 0 aromatic rings. The molecule has 0 radical (unpaired) electrons. The van der Waals surface area contributed by atoms with Gasteiger partial charge in [0.05, 0.1) is 5.41 Å². The van der Waals surface area contributed by atoms with E-state index in [0.717, 1.165) is 32.4 Å². The van der Waals surface area contributed by atoms with E-state index in [1.54, 1.807) is 0 Å². The summed E-state index contributed by atoms with van der Waals surface area (Å²) in [5.74, 6) is 0.438. The molecule has 1 saturated heterocycles. The Labute approximate surface area is 117 Å². The van der Waals surface area contributed by atoms with Gasteiger partial charge >= 0.3 is 5.97 Å². The van der Waals surface area contributed by atoms with Gasteiger partial charge in [0.25, 0.3) is 0 Å². The Hall–Kier alpha value is -0.570. The number of rotatable bonds is 3. The second kappa shape index (κ2) is 6.74. The fourth-order valence-corrected chi connectivity index (χ4v) is 3.30. The molecule has 1 atom stereocenters. The predicted molar refractivity (Wildman–Crippen MR) is 77.0 cm³/mol. The summed E-state index contributed by atoms with van der Waals surface area (Å²) in [5.41, 5.74) is -0.347. The smallest absolute Gasteiger partial charge is 0.312 e. The van der Waals surface area contributed by atoms with Crippen molar-refractivity contribution in [2.75, 3.05) is 13.1 Å². The van der Waals surface area contributed by atoms with E-state index in [9.17, 15) is 4.79 Å². The summed E-state index contributed by atoms with van der Waals surface area (Å²) >= 11 is 0. The Kier molecular flexibility index (Phi) is 5.26. The van der Waals surface area contributed by atoms with E-state index in [1.165, 1.54) is 32.1 Å². The van der Waals surface area contributed by atoms with Crippen LogP contribution in [0.5, 0.6) is 0 Å². The van der Waals surface area contributed by atoms with Crippen LogP contribution in [0.4, 0.5) is 0 Å². The third-order valence-corrected chi connectivity index (χ3v) is 4.92. The Morgan fingerprint density at radius 1 is 1.05 bits per heavy atom. The molecule has 1 unspecified atom stereocenters. The average molecular weight is 267 g/mol. The molecule has 1 N–H and O–H groups in total. The first kappa shape index (κ1) is 14.8. The SMILES string of the molecule is CC(C)(C(=O)OC1CCCCCC1)C1CCCNC1. The van der Waals surface area contributed by atoms with E-state index in [-0.39, 0.29) is 17.5 Å². The molecule has 0 amide bonds. The van der Waals surface area contributed by atoms with Crippen LogP contribution in [-0.4, -0.2) is 25.2 Å². The van der Waals surface area contributed by atoms with Gasteiger partial charge in [-0.3, -0.25) is 4.79 Å². The molecule has 2 fully saturated rings. The Bertz CT molecular complexity index is 287. The van der Waals surface area contributed by atoms with Gasteiger partial charge in [0, 0.05) is 0 Å². The average Bonchev–Trinajstić information content (AvgIpc) is 2.68. The first-order valence-corrected chi connectivity index (χ1v) is 8.02. The van der Waals surface area contributed by atoms with Gasteiger partial charge in [0.1, 0.15) is 6.10 Å². The van der Waals surface area contributed by atoms with Gasteiger partial charge in [0.2, 0.25) is 0 Å². The monoisotopic (exact) mass is 267 g/mol. The Balaban J connectivity index is 1.89. The molecule has 1 aliphatic heterocycles. The molecule has 1 saturated carbocycles. The molecule has 2 rings (SSSR count). The number of esters is 1. The summed E-state index contributed by atoms with van der Waals surface area (Å²) in [5, 5.41) is 3.40. The minimum absolute atomic E-state index is 0.0214. The zero-order valence-electron chi connectivity index (χ0n) is 12.5. The van der Waals surface area contributed by atoms with Crippen LogP contribution >= 0.6 is 0 Å². The van der Waals surface area contributed by atoms with Crippen molar-refractivity contribution in [1.29, 1.82) is 0 Å². The highest BCUT2D eigenvalue weighted by atomic mass is 16.5. The van der Waals surface area contributed by atoms with Crippen LogP contribution in [-0.2, 0) is 9.53 Å². The fraction of sp³-hybridized carbons (Fsp3) is 0.938. The second-order valence-electron chi connectivity index (χ2n) is 6.78.